The van der Waals surface area contributed by atoms with E-state index in [-0.39, 0.29) is 30.8 Å². The second kappa shape index (κ2) is 8.95. The maximum Gasteiger partial charge on any atom is 0.333 e. The Hall–Kier alpha value is -1.94. The van der Waals surface area contributed by atoms with E-state index in [9.17, 15) is 19.2 Å². The van der Waals surface area contributed by atoms with Gasteiger partial charge in [0, 0.05) is 26.2 Å². The maximum absolute atomic E-state index is 12.3. The van der Waals surface area contributed by atoms with Crippen molar-refractivity contribution in [3.05, 3.63) is 31.5 Å². The first-order valence-electron chi connectivity index (χ1n) is 7.57. The highest BCUT2D eigenvalue weighted by Gasteiger charge is 2.16. The first-order valence-corrected chi connectivity index (χ1v) is 8.36. The number of rotatable bonds is 7. The van der Waals surface area contributed by atoms with Crippen LogP contribution in [0.2, 0.25) is 0 Å². The van der Waals surface area contributed by atoms with Gasteiger partial charge in [0.2, 0.25) is 0 Å². The Balaban J connectivity index is 2.72. The van der Waals surface area contributed by atoms with Crippen molar-refractivity contribution >= 4 is 27.9 Å². The van der Waals surface area contributed by atoms with Gasteiger partial charge in [-0.3, -0.25) is 23.5 Å². The molecule has 0 fully saturated rings. The lowest BCUT2D eigenvalue weighted by Crippen LogP contribution is -2.43. The van der Waals surface area contributed by atoms with Gasteiger partial charge in [-0.15, -0.1) is 0 Å². The van der Waals surface area contributed by atoms with Crippen LogP contribution >= 0.6 is 15.9 Å². The zero-order valence-corrected chi connectivity index (χ0v) is 16.2. The Kier molecular flexibility index (Phi) is 7.56. The zero-order valence-electron chi connectivity index (χ0n) is 14.6. The van der Waals surface area contributed by atoms with Crippen LogP contribution in [-0.4, -0.2) is 39.8 Å². The minimum atomic E-state index is -0.617. The first kappa shape index (κ1) is 21.1. The Bertz CT molecular complexity index is 747. The summed E-state index contributed by atoms with van der Waals surface area (Å²) in [6.07, 6.45) is 1.26. The van der Waals surface area contributed by atoms with Gasteiger partial charge >= 0.3 is 17.6 Å². The highest BCUT2D eigenvalue weighted by Crippen LogP contribution is 2.06. The molecule has 1 rings (SSSR count). The summed E-state index contributed by atoms with van der Waals surface area (Å²) in [5.74, 6) is -0.971. The van der Waals surface area contributed by atoms with Crippen LogP contribution in [0.4, 0.5) is 0 Å². The summed E-state index contributed by atoms with van der Waals surface area (Å²) in [5, 5.41) is 2.82. The molecule has 25 heavy (non-hydrogen) atoms. The average Bonchev–Trinajstić information content (AvgIpc) is 2.46. The summed E-state index contributed by atoms with van der Waals surface area (Å²) in [6, 6.07) is 0. The third kappa shape index (κ3) is 7.22. The Morgan fingerprint density at radius 1 is 1.28 bits per heavy atom. The molecule has 0 aliphatic heterocycles. The molecule has 0 saturated carbocycles. The molecular weight excluding hydrogens is 398 g/mol. The molecule has 10 heteroatoms. The van der Waals surface area contributed by atoms with E-state index in [1.54, 1.807) is 20.8 Å². The van der Waals surface area contributed by atoms with Crippen molar-refractivity contribution in [2.75, 3.05) is 13.1 Å². The van der Waals surface area contributed by atoms with Gasteiger partial charge in [-0.2, -0.15) is 0 Å². The van der Waals surface area contributed by atoms with E-state index < -0.39 is 28.8 Å². The van der Waals surface area contributed by atoms with Crippen molar-refractivity contribution < 1.29 is 19.1 Å². The van der Waals surface area contributed by atoms with Crippen LogP contribution in [0.15, 0.2) is 20.3 Å². The Morgan fingerprint density at radius 2 is 1.92 bits per heavy atom. The van der Waals surface area contributed by atoms with Crippen molar-refractivity contribution in [1.82, 2.24) is 14.5 Å². The van der Waals surface area contributed by atoms with E-state index in [2.05, 4.69) is 21.2 Å². The summed E-state index contributed by atoms with van der Waals surface area (Å²) in [5.41, 5.74) is -1.71. The molecule has 0 radical (unpaired) electrons. The molecule has 140 valence electrons. The molecule has 0 aliphatic carbocycles. The predicted molar refractivity (Wildman–Crippen MR) is 93.1 cm³/mol. The fourth-order valence-electron chi connectivity index (χ4n) is 1.83. The zero-order chi connectivity index (χ0) is 19.2. The number of nitrogens with zero attached hydrogens (tertiary/aromatic N) is 2. The number of halogens is 1. The predicted octanol–water partition coefficient (Wildman–Crippen LogP) is 0.224. The van der Waals surface area contributed by atoms with Crippen molar-refractivity contribution in [2.45, 2.75) is 46.6 Å². The molecular formula is C15H22BrN3O6. The summed E-state index contributed by atoms with van der Waals surface area (Å²) >= 11 is 3.08. The van der Waals surface area contributed by atoms with E-state index >= 15 is 0 Å². The summed E-state index contributed by atoms with van der Waals surface area (Å²) in [6.45, 7) is 6.42. The minimum Gasteiger partial charge on any atom is -0.459 e. The Labute approximate surface area is 153 Å². The number of nitrogens with one attached hydrogen (secondary N) is 1. The van der Waals surface area contributed by atoms with Gasteiger partial charge in [0.1, 0.15) is 5.60 Å². The number of carbonyl (C=O) groups is 2. The number of carbonyl (C=O) groups excluding carboxylic acids is 2. The van der Waals surface area contributed by atoms with Gasteiger partial charge in [0.15, 0.2) is 6.73 Å². The fraction of sp³-hybridized carbons (Fsp3) is 0.600. The van der Waals surface area contributed by atoms with Gasteiger partial charge in [-0.1, -0.05) is 0 Å². The molecule has 1 N–H and O–H groups in total. The largest absolute Gasteiger partial charge is 0.459 e. The molecule has 0 unspecified atom stereocenters. The SMILES string of the molecule is CC(=O)OCn1cc(Br)c(=O)n(CCNCC(=O)OC(C)(C)C)c1=O. The normalized spacial score (nSPS) is 11.2. The van der Waals surface area contributed by atoms with E-state index in [1.165, 1.54) is 13.1 Å². The van der Waals surface area contributed by atoms with Crippen molar-refractivity contribution in [1.29, 1.82) is 0 Å². The number of aromatic nitrogens is 2. The highest BCUT2D eigenvalue weighted by molar-refractivity contribution is 9.10. The van der Waals surface area contributed by atoms with Gasteiger partial charge < -0.3 is 14.8 Å². The molecule has 0 spiro atoms. The molecule has 0 atom stereocenters. The van der Waals surface area contributed by atoms with Crippen molar-refractivity contribution in [3.8, 4) is 0 Å². The quantitative estimate of drug-likeness (QED) is 0.497. The molecule has 1 aromatic rings. The average molecular weight is 420 g/mol. The number of hydrogen-bond donors (Lipinski definition) is 1. The molecule has 0 saturated heterocycles. The first-order chi connectivity index (χ1) is 11.5. The van der Waals surface area contributed by atoms with Crippen LogP contribution in [-0.2, 0) is 32.3 Å². The van der Waals surface area contributed by atoms with Crippen LogP contribution < -0.4 is 16.6 Å². The summed E-state index contributed by atoms with van der Waals surface area (Å²) in [4.78, 5) is 46.8. The monoisotopic (exact) mass is 419 g/mol. The molecule has 9 nitrogen and oxygen atoms in total. The highest BCUT2D eigenvalue weighted by atomic mass is 79.9. The Morgan fingerprint density at radius 3 is 2.48 bits per heavy atom. The van der Waals surface area contributed by atoms with Crippen LogP contribution in [0.3, 0.4) is 0 Å². The lowest BCUT2D eigenvalue weighted by molar-refractivity contribution is -0.153. The molecule has 1 heterocycles. The fourth-order valence-corrected chi connectivity index (χ4v) is 2.29. The number of esters is 2. The molecule has 0 amide bonds. The molecule has 0 aromatic carbocycles. The van der Waals surface area contributed by atoms with Crippen LogP contribution in [0, 0.1) is 0 Å². The second-order valence-electron chi connectivity index (χ2n) is 6.21. The summed E-state index contributed by atoms with van der Waals surface area (Å²) < 4.78 is 12.1. The smallest absolute Gasteiger partial charge is 0.333 e. The van der Waals surface area contributed by atoms with E-state index in [0.717, 1.165) is 9.13 Å². The maximum atomic E-state index is 12.3. The standard InChI is InChI=1S/C15H22BrN3O6/c1-10(20)24-9-18-8-11(16)13(22)19(14(18)23)6-5-17-7-12(21)25-15(2,3)4/h8,17H,5-7,9H2,1-4H3. The second-order valence-corrected chi connectivity index (χ2v) is 7.07. The molecule has 1 aromatic heterocycles. The number of hydrogen-bond acceptors (Lipinski definition) is 7. The van der Waals surface area contributed by atoms with Gasteiger partial charge in [0.05, 0.1) is 11.0 Å². The topological polar surface area (TPSA) is 109 Å². The lowest BCUT2D eigenvalue weighted by Gasteiger charge is -2.19. The van der Waals surface area contributed by atoms with Gasteiger partial charge in [-0.25, -0.2) is 4.79 Å². The molecule has 0 bridgehead atoms. The van der Waals surface area contributed by atoms with E-state index in [0.29, 0.717) is 0 Å². The van der Waals surface area contributed by atoms with Gasteiger partial charge in [-0.05, 0) is 36.7 Å². The van der Waals surface area contributed by atoms with Crippen LogP contribution in [0.25, 0.3) is 0 Å². The third-order valence-electron chi connectivity index (χ3n) is 2.80. The number of ether oxygens (including phenoxy) is 2. The van der Waals surface area contributed by atoms with Gasteiger partial charge in [0.25, 0.3) is 5.56 Å². The van der Waals surface area contributed by atoms with E-state index in [1.807, 2.05) is 0 Å². The van der Waals surface area contributed by atoms with Crippen LogP contribution in [0.5, 0.6) is 0 Å². The summed E-state index contributed by atoms with van der Waals surface area (Å²) in [7, 11) is 0. The minimum absolute atomic E-state index is 0.0400. The van der Waals surface area contributed by atoms with E-state index in [4.69, 9.17) is 9.47 Å². The van der Waals surface area contributed by atoms with Crippen LogP contribution in [0.1, 0.15) is 27.7 Å². The third-order valence-corrected chi connectivity index (χ3v) is 3.35. The molecule has 0 aliphatic rings. The lowest BCUT2D eigenvalue weighted by atomic mass is 10.2. The van der Waals surface area contributed by atoms with Crippen molar-refractivity contribution in [3.63, 3.8) is 0 Å². The van der Waals surface area contributed by atoms with Crippen molar-refractivity contribution in [2.24, 2.45) is 0 Å².